The number of piperidine rings is 2. The fourth-order valence-electron chi connectivity index (χ4n) is 6.15. The van der Waals surface area contributed by atoms with E-state index in [2.05, 4.69) is 68.3 Å². The number of amidine groups is 1. The highest BCUT2D eigenvalue weighted by Gasteiger charge is 2.29. The van der Waals surface area contributed by atoms with Gasteiger partial charge in [-0.15, -0.1) is 0 Å². The van der Waals surface area contributed by atoms with Gasteiger partial charge in [0.2, 0.25) is 5.56 Å². The summed E-state index contributed by atoms with van der Waals surface area (Å²) in [5.74, 6) is 1.79. The molecule has 2 fully saturated rings. The number of pyridine rings is 1. The molecule has 1 atom stereocenters. The summed E-state index contributed by atoms with van der Waals surface area (Å²) in [6.45, 7) is 8.80. The van der Waals surface area contributed by atoms with Crippen LogP contribution in [0, 0.1) is 5.92 Å². The third-order valence-corrected chi connectivity index (χ3v) is 8.03. The number of hydrogen-bond acceptors (Lipinski definition) is 6. The molecule has 2 N–H and O–H groups in total. The standard InChI is InChI=1S/C29H36N6O/c1-21-3-2-15-34(20-21)25-11-16-33(17-12-25)24-6-4-23(5-7-24)32-26-8-9-27(35-18-14-31-29(26)35)22-10-13-30-28(36)19-22/h4-10,13,19,21,25,32H,2-3,11-12,14-18,20H2,1H3,(H,30,36). The van der Waals surface area contributed by atoms with Gasteiger partial charge >= 0.3 is 0 Å². The average molecular weight is 485 g/mol. The summed E-state index contributed by atoms with van der Waals surface area (Å²) in [6, 6.07) is 13.1. The van der Waals surface area contributed by atoms with Crippen LogP contribution in [0.15, 0.2) is 70.2 Å². The number of rotatable bonds is 5. The van der Waals surface area contributed by atoms with Crippen LogP contribution in [-0.4, -0.2) is 65.9 Å². The van der Waals surface area contributed by atoms with E-state index in [4.69, 9.17) is 4.99 Å². The van der Waals surface area contributed by atoms with E-state index in [1.165, 1.54) is 44.5 Å². The molecule has 2 aromatic rings. The van der Waals surface area contributed by atoms with Gasteiger partial charge in [0.25, 0.3) is 0 Å². The number of likely N-dealkylation sites (tertiary alicyclic amines) is 1. The molecule has 0 saturated carbocycles. The van der Waals surface area contributed by atoms with Crippen LogP contribution in [0.3, 0.4) is 0 Å². The van der Waals surface area contributed by atoms with Crippen LogP contribution in [-0.2, 0) is 0 Å². The van der Waals surface area contributed by atoms with Crippen molar-refractivity contribution < 1.29 is 0 Å². The molecule has 1 unspecified atom stereocenters. The third-order valence-electron chi connectivity index (χ3n) is 8.03. The first-order valence-corrected chi connectivity index (χ1v) is 13.4. The Balaban J connectivity index is 1.11. The Labute approximate surface area is 213 Å². The predicted molar refractivity (Wildman–Crippen MR) is 147 cm³/mol. The van der Waals surface area contributed by atoms with E-state index in [1.807, 2.05) is 6.07 Å². The number of fused-ring (bicyclic) bond motifs is 1. The zero-order valence-corrected chi connectivity index (χ0v) is 21.1. The van der Waals surface area contributed by atoms with Crippen molar-refractivity contribution in [3.63, 3.8) is 0 Å². The highest BCUT2D eigenvalue weighted by Crippen LogP contribution is 2.30. The zero-order valence-electron chi connectivity index (χ0n) is 21.1. The van der Waals surface area contributed by atoms with Crippen LogP contribution in [0.4, 0.5) is 11.4 Å². The first-order valence-electron chi connectivity index (χ1n) is 13.4. The topological polar surface area (TPSA) is 67.0 Å². The van der Waals surface area contributed by atoms with Crippen LogP contribution in [0.5, 0.6) is 0 Å². The van der Waals surface area contributed by atoms with E-state index in [-0.39, 0.29) is 5.56 Å². The number of allylic oxidation sites excluding steroid dienone is 2. The molecule has 7 heteroatoms. The van der Waals surface area contributed by atoms with Gasteiger partial charge in [-0.2, -0.15) is 0 Å². The van der Waals surface area contributed by atoms with Crippen molar-refractivity contribution in [2.75, 3.05) is 49.5 Å². The molecule has 4 aliphatic heterocycles. The molecule has 2 saturated heterocycles. The lowest BCUT2D eigenvalue weighted by Gasteiger charge is -2.42. The minimum Gasteiger partial charge on any atom is -0.371 e. The average Bonchev–Trinajstić information content (AvgIpc) is 3.40. The number of nitrogens with zero attached hydrogens (tertiary/aromatic N) is 4. The summed E-state index contributed by atoms with van der Waals surface area (Å²) in [5, 5.41) is 3.57. The quantitative estimate of drug-likeness (QED) is 0.668. The Kier molecular flexibility index (Phi) is 6.40. The maximum absolute atomic E-state index is 11.8. The van der Waals surface area contributed by atoms with Gasteiger partial charge in [0, 0.05) is 61.4 Å². The van der Waals surface area contributed by atoms with E-state index in [0.717, 1.165) is 66.6 Å². The van der Waals surface area contributed by atoms with E-state index in [1.54, 1.807) is 12.3 Å². The Morgan fingerprint density at radius 3 is 2.61 bits per heavy atom. The summed E-state index contributed by atoms with van der Waals surface area (Å²) in [5.41, 5.74) is 5.19. The van der Waals surface area contributed by atoms with Gasteiger partial charge in [-0.25, -0.2) is 0 Å². The first-order chi connectivity index (χ1) is 17.6. The Bertz CT molecular complexity index is 1230. The number of benzene rings is 1. The SMILES string of the molecule is CC1CCCN(C2CCN(c3ccc(NC4=CC=C(c5cc[nH]c(=O)c5)N5CCN=C45)cc3)CC2)C1. The molecule has 7 nitrogen and oxygen atoms in total. The zero-order chi connectivity index (χ0) is 24.5. The fourth-order valence-corrected chi connectivity index (χ4v) is 6.15. The molecule has 0 amide bonds. The first kappa shape index (κ1) is 23.1. The summed E-state index contributed by atoms with van der Waals surface area (Å²) < 4.78 is 0. The number of hydrogen-bond donors (Lipinski definition) is 2. The van der Waals surface area contributed by atoms with Gasteiger partial charge in [0.05, 0.1) is 17.9 Å². The molecular formula is C29H36N6O. The minimum atomic E-state index is -0.0932. The number of aromatic amines is 1. The van der Waals surface area contributed by atoms with Gasteiger partial charge in [-0.1, -0.05) is 6.92 Å². The maximum atomic E-state index is 11.8. The lowest BCUT2D eigenvalue weighted by atomic mass is 9.95. The molecular weight excluding hydrogens is 448 g/mol. The van der Waals surface area contributed by atoms with Crippen LogP contribution < -0.4 is 15.8 Å². The normalized spacial score (nSPS) is 23.1. The van der Waals surface area contributed by atoms with Crippen molar-refractivity contribution in [1.29, 1.82) is 0 Å². The molecule has 1 aromatic heterocycles. The van der Waals surface area contributed by atoms with Crippen molar-refractivity contribution in [3.8, 4) is 0 Å². The van der Waals surface area contributed by atoms with E-state index in [9.17, 15) is 4.79 Å². The smallest absolute Gasteiger partial charge is 0.248 e. The summed E-state index contributed by atoms with van der Waals surface area (Å²) in [6.07, 6.45) is 11.1. The van der Waals surface area contributed by atoms with Crippen molar-refractivity contribution in [3.05, 3.63) is 76.4 Å². The molecule has 36 heavy (non-hydrogen) atoms. The van der Waals surface area contributed by atoms with Gasteiger partial charge < -0.3 is 20.1 Å². The largest absolute Gasteiger partial charge is 0.371 e. The third kappa shape index (κ3) is 4.72. The van der Waals surface area contributed by atoms with Crippen LogP contribution in [0.25, 0.3) is 5.70 Å². The summed E-state index contributed by atoms with van der Waals surface area (Å²) in [7, 11) is 0. The number of H-pyrrole nitrogens is 1. The lowest BCUT2D eigenvalue weighted by molar-refractivity contribution is 0.112. The predicted octanol–water partition coefficient (Wildman–Crippen LogP) is 4.14. The highest BCUT2D eigenvalue weighted by molar-refractivity contribution is 6.08. The van der Waals surface area contributed by atoms with Gasteiger partial charge in [-0.3, -0.25) is 14.7 Å². The summed E-state index contributed by atoms with van der Waals surface area (Å²) in [4.78, 5) is 26.7. The minimum absolute atomic E-state index is 0.0932. The number of aromatic nitrogens is 1. The Hall–Kier alpha value is -3.32. The van der Waals surface area contributed by atoms with Gasteiger partial charge in [0.1, 0.15) is 0 Å². The number of anilines is 2. The molecule has 0 spiro atoms. The van der Waals surface area contributed by atoms with Crippen LogP contribution >= 0.6 is 0 Å². The molecule has 0 aliphatic carbocycles. The molecule has 4 aliphatic rings. The number of aliphatic imine (C=N–C) groups is 1. The van der Waals surface area contributed by atoms with E-state index >= 15 is 0 Å². The highest BCUT2D eigenvalue weighted by atomic mass is 16.1. The fraction of sp³-hybridized carbons (Fsp3) is 0.448. The second kappa shape index (κ2) is 9.97. The van der Waals surface area contributed by atoms with E-state index < -0.39 is 0 Å². The van der Waals surface area contributed by atoms with Crippen molar-refractivity contribution in [2.45, 2.75) is 38.6 Å². The Morgan fingerprint density at radius 2 is 1.83 bits per heavy atom. The van der Waals surface area contributed by atoms with E-state index in [0.29, 0.717) is 0 Å². The van der Waals surface area contributed by atoms with Gasteiger partial charge in [0.15, 0.2) is 5.84 Å². The number of nitrogens with one attached hydrogen (secondary N) is 2. The molecule has 188 valence electrons. The lowest BCUT2D eigenvalue weighted by Crippen LogP contribution is -2.48. The van der Waals surface area contributed by atoms with Crippen LogP contribution in [0.2, 0.25) is 0 Å². The molecule has 6 rings (SSSR count). The van der Waals surface area contributed by atoms with Crippen LogP contribution in [0.1, 0.15) is 38.2 Å². The summed E-state index contributed by atoms with van der Waals surface area (Å²) >= 11 is 0. The van der Waals surface area contributed by atoms with Gasteiger partial charge in [-0.05, 0) is 80.6 Å². The molecule has 0 bridgehead atoms. The second-order valence-electron chi connectivity index (χ2n) is 10.6. The maximum Gasteiger partial charge on any atom is 0.248 e. The van der Waals surface area contributed by atoms with Crippen molar-refractivity contribution in [1.82, 2.24) is 14.8 Å². The monoisotopic (exact) mass is 484 g/mol. The molecule has 0 radical (unpaired) electrons. The van der Waals surface area contributed by atoms with Crippen molar-refractivity contribution >= 4 is 22.9 Å². The Morgan fingerprint density at radius 1 is 1.00 bits per heavy atom. The second-order valence-corrected chi connectivity index (χ2v) is 10.6. The molecule has 5 heterocycles. The molecule has 1 aromatic carbocycles. The van der Waals surface area contributed by atoms with Crippen molar-refractivity contribution in [2.24, 2.45) is 10.9 Å².